The Morgan fingerprint density at radius 3 is 2.59 bits per heavy atom. The number of hydrogen-bond acceptors (Lipinski definition) is 4. The Bertz CT molecular complexity index is 481. The van der Waals surface area contributed by atoms with Gasteiger partial charge in [0.1, 0.15) is 5.82 Å². The van der Waals surface area contributed by atoms with Gasteiger partial charge in [-0.25, -0.2) is 9.78 Å². The van der Waals surface area contributed by atoms with Gasteiger partial charge in [0.15, 0.2) is 5.69 Å². The minimum absolute atomic E-state index is 0.0882. The summed E-state index contributed by atoms with van der Waals surface area (Å²) >= 11 is 0. The molecule has 1 aromatic heterocycles. The average Bonchev–Trinajstić information content (AvgIpc) is 3.05. The van der Waals surface area contributed by atoms with Crippen molar-refractivity contribution in [2.45, 2.75) is 45.6 Å². The van der Waals surface area contributed by atoms with Gasteiger partial charge in [-0.05, 0) is 44.0 Å². The van der Waals surface area contributed by atoms with E-state index >= 15 is 0 Å². The van der Waals surface area contributed by atoms with Crippen LogP contribution in [0.25, 0.3) is 0 Å². The second kappa shape index (κ2) is 8.13. The van der Waals surface area contributed by atoms with E-state index in [-0.39, 0.29) is 5.69 Å². The fraction of sp³-hybridized carbons (Fsp3) is 0.647. The Hall–Kier alpha value is -1.62. The topological polar surface area (TPSA) is 65.5 Å². The molecule has 1 aliphatic heterocycles. The number of aromatic nitrogens is 1. The van der Waals surface area contributed by atoms with Crippen molar-refractivity contribution in [3.8, 4) is 0 Å². The lowest BCUT2D eigenvalue weighted by atomic mass is 9.93. The van der Waals surface area contributed by atoms with Crippen LogP contribution < -0.4 is 5.32 Å². The summed E-state index contributed by atoms with van der Waals surface area (Å²) in [5.41, 5.74) is 0.0882. The molecule has 0 saturated carbocycles. The number of carboxylic acids is 1. The molecule has 1 saturated heterocycles. The Balaban J connectivity index is 2.03. The third-order valence-corrected chi connectivity index (χ3v) is 4.66. The van der Waals surface area contributed by atoms with Gasteiger partial charge in [0, 0.05) is 12.6 Å². The molecule has 1 aromatic rings. The van der Waals surface area contributed by atoms with Crippen LogP contribution in [0.2, 0.25) is 0 Å². The van der Waals surface area contributed by atoms with Gasteiger partial charge >= 0.3 is 5.97 Å². The van der Waals surface area contributed by atoms with Gasteiger partial charge < -0.3 is 10.4 Å². The summed E-state index contributed by atoms with van der Waals surface area (Å²) in [6.45, 7) is 7.67. The van der Waals surface area contributed by atoms with Gasteiger partial charge in [-0.2, -0.15) is 0 Å². The van der Waals surface area contributed by atoms with Gasteiger partial charge in [-0.3, -0.25) is 4.90 Å². The number of aromatic carboxylic acids is 1. The third kappa shape index (κ3) is 4.19. The first-order chi connectivity index (χ1) is 10.7. The van der Waals surface area contributed by atoms with Crippen molar-refractivity contribution in [2.75, 3.05) is 25.0 Å². The van der Waals surface area contributed by atoms with E-state index in [2.05, 4.69) is 29.0 Å². The van der Waals surface area contributed by atoms with Crippen molar-refractivity contribution in [2.24, 2.45) is 5.92 Å². The number of nitrogens with zero attached hydrogens (tertiary/aromatic N) is 2. The number of nitrogens with one attached hydrogen (secondary N) is 1. The fourth-order valence-electron chi connectivity index (χ4n) is 3.36. The van der Waals surface area contributed by atoms with E-state index in [1.165, 1.54) is 44.8 Å². The van der Waals surface area contributed by atoms with Crippen molar-refractivity contribution < 1.29 is 9.90 Å². The number of likely N-dealkylation sites (tertiary alicyclic amines) is 1. The van der Waals surface area contributed by atoms with E-state index in [1.807, 2.05) is 6.07 Å². The van der Waals surface area contributed by atoms with Crippen molar-refractivity contribution in [3.63, 3.8) is 0 Å². The number of pyridine rings is 1. The second-order valence-electron chi connectivity index (χ2n) is 5.98. The molecule has 0 bridgehead atoms. The first-order valence-electron chi connectivity index (χ1n) is 8.34. The highest BCUT2D eigenvalue weighted by molar-refractivity contribution is 5.85. The van der Waals surface area contributed by atoms with Crippen LogP contribution in [-0.4, -0.2) is 46.6 Å². The molecule has 0 aromatic carbocycles. The fourth-order valence-corrected chi connectivity index (χ4v) is 3.36. The quantitative estimate of drug-likeness (QED) is 0.772. The molecular weight excluding hydrogens is 278 g/mol. The molecule has 1 unspecified atom stereocenters. The molecular formula is C17H27N3O2. The smallest absolute Gasteiger partial charge is 0.354 e. The number of hydrogen-bond donors (Lipinski definition) is 2. The number of carbonyl (C=O) groups is 1. The van der Waals surface area contributed by atoms with Crippen molar-refractivity contribution in [3.05, 3.63) is 23.9 Å². The summed E-state index contributed by atoms with van der Waals surface area (Å²) in [6.07, 6.45) is 4.90. The SMILES string of the molecule is CCC(CC)C(CNc1cccc(C(=O)O)n1)N1CCCC1. The lowest BCUT2D eigenvalue weighted by Crippen LogP contribution is -2.43. The molecule has 0 radical (unpaired) electrons. The van der Waals surface area contributed by atoms with Gasteiger partial charge in [0.2, 0.25) is 0 Å². The zero-order valence-corrected chi connectivity index (χ0v) is 13.6. The maximum Gasteiger partial charge on any atom is 0.354 e. The Labute approximate surface area is 132 Å². The lowest BCUT2D eigenvalue weighted by Gasteiger charge is -2.34. The highest BCUT2D eigenvalue weighted by Gasteiger charge is 2.27. The van der Waals surface area contributed by atoms with Crippen LogP contribution in [0.15, 0.2) is 18.2 Å². The number of rotatable bonds is 8. The second-order valence-corrected chi connectivity index (χ2v) is 5.98. The van der Waals surface area contributed by atoms with E-state index in [1.54, 1.807) is 6.07 Å². The lowest BCUT2D eigenvalue weighted by molar-refractivity contribution is 0.0690. The summed E-state index contributed by atoms with van der Waals surface area (Å²) < 4.78 is 0. The first kappa shape index (κ1) is 16.7. The number of anilines is 1. The highest BCUT2D eigenvalue weighted by Crippen LogP contribution is 2.23. The molecule has 2 rings (SSSR count). The molecule has 0 amide bonds. The molecule has 122 valence electrons. The summed E-state index contributed by atoms with van der Waals surface area (Å²) in [4.78, 5) is 17.7. The predicted octanol–water partition coefficient (Wildman–Crippen LogP) is 3.09. The molecule has 5 heteroatoms. The minimum Gasteiger partial charge on any atom is -0.477 e. The molecule has 5 nitrogen and oxygen atoms in total. The largest absolute Gasteiger partial charge is 0.477 e. The standard InChI is InChI=1S/C17H27N3O2/c1-3-13(4-2)15(20-10-5-6-11-20)12-18-16-9-7-8-14(19-16)17(21)22/h7-9,13,15H,3-6,10-12H2,1-2H3,(H,18,19)(H,21,22). The summed E-state index contributed by atoms with van der Waals surface area (Å²) in [5.74, 6) is 0.322. The maximum atomic E-state index is 11.0. The number of carboxylic acid groups (broad SMARTS) is 1. The normalized spacial score (nSPS) is 16.9. The molecule has 0 aliphatic carbocycles. The van der Waals surface area contributed by atoms with Crippen molar-refractivity contribution >= 4 is 11.8 Å². The van der Waals surface area contributed by atoms with Crippen molar-refractivity contribution in [1.29, 1.82) is 0 Å². The van der Waals surface area contributed by atoms with Crippen LogP contribution in [0.4, 0.5) is 5.82 Å². The van der Waals surface area contributed by atoms with Gasteiger partial charge in [0.05, 0.1) is 0 Å². The Morgan fingerprint density at radius 2 is 2.00 bits per heavy atom. The van der Waals surface area contributed by atoms with Crippen LogP contribution in [0.1, 0.15) is 50.0 Å². The van der Waals surface area contributed by atoms with Crippen LogP contribution >= 0.6 is 0 Å². The maximum absolute atomic E-state index is 11.0. The van der Waals surface area contributed by atoms with Gasteiger partial charge in [-0.1, -0.05) is 32.8 Å². The molecule has 2 heterocycles. The van der Waals surface area contributed by atoms with E-state index < -0.39 is 5.97 Å². The Morgan fingerprint density at radius 1 is 1.32 bits per heavy atom. The van der Waals surface area contributed by atoms with E-state index in [9.17, 15) is 4.79 Å². The molecule has 1 fully saturated rings. The van der Waals surface area contributed by atoms with Crippen LogP contribution in [0.3, 0.4) is 0 Å². The molecule has 2 N–H and O–H groups in total. The van der Waals surface area contributed by atoms with Crippen molar-refractivity contribution in [1.82, 2.24) is 9.88 Å². The molecule has 1 atom stereocenters. The minimum atomic E-state index is -0.986. The zero-order chi connectivity index (χ0) is 15.9. The van der Waals surface area contributed by atoms with Gasteiger partial charge in [0.25, 0.3) is 0 Å². The van der Waals surface area contributed by atoms with E-state index in [4.69, 9.17) is 5.11 Å². The summed E-state index contributed by atoms with van der Waals surface area (Å²) in [5, 5.41) is 12.4. The predicted molar refractivity (Wildman–Crippen MR) is 88.4 cm³/mol. The zero-order valence-electron chi connectivity index (χ0n) is 13.6. The van der Waals surface area contributed by atoms with E-state index in [0.29, 0.717) is 17.8 Å². The van der Waals surface area contributed by atoms with Gasteiger partial charge in [-0.15, -0.1) is 0 Å². The summed E-state index contributed by atoms with van der Waals surface area (Å²) in [6, 6.07) is 5.58. The van der Waals surface area contributed by atoms with Crippen LogP contribution in [0, 0.1) is 5.92 Å². The molecule has 22 heavy (non-hydrogen) atoms. The summed E-state index contributed by atoms with van der Waals surface area (Å²) in [7, 11) is 0. The first-order valence-corrected chi connectivity index (χ1v) is 8.34. The molecule has 0 spiro atoms. The third-order valence-electron chi connectivity index (χ3n) is 4.66. The van der Waals surface area contributed by atoms with E-state index in [0.717, 1.165) is 6.54 Å². The highest BCUT2D eigenvalue weighted by atomic mass is 16.4. The average molecular weight is 305 g/mol. The van der Waals surface area contributed by atoms with Crippen LogP contribution in [-0.2, 0) is 0 Å². The Kier molecular flexibility index (Phi) is 6.19. The van der Waals surface area contributed by atoms with Crippen LogP contribution in [0.5, 0.6) is 0 Å². The molecule has 1 aliphatic rings. The monoisotopic (exact) mass is 305 g/mol.